The molecule has 1 heterocycles. The van der Waals surface area contributed by atoms with Crippen LogP contribution in [0.2, 0.25) is 0 Å². The highest BCUT2D eigenvalue weighted by molar-refractivity contribution is 4.90. The predicted molar refractivity (Wildman–Crippen MR) is 161 cm³/mol. The molecule has 36 heavy (non-hydrogen) atoms. The average Bonchev–Trinajstić information content (AvgIpc) is 3.38. The molecule has 0 spiro atoms. The van der Waals surface area contributed by atoms with E-state index < -0.39 is 0 Å². The van der Waals surface area contributed by atoms with E-state index in [2.05, 4.69) is 49.6 Å². The lowest BCUT2D eigenvalue weighted by molar-refractivity contribution is -0.727. The van der Waals surface area contributed by atoms with Gasteiger partial charge in [-0.05, 0) is 32.6 Å². The summed E-state index contributed by atoms with van der Waals surface area (Å²) < 4.78 is 2.60. The molecule has 0 aromatic carbocycles. The van der Waals surface area contributed by atoms with Gasteiger partial charge >= 0.3 is 0 Å². The van der Waals surface area contributed by atoms with Crippen molar-refractivity contribution in [2.24, 2.45) is 0 Å². The number of H-pyrrole nitrogens is 1. The van der Waals surface area contributed by atoms with E-state index in [1.54, 1.807) is 0 Å². The summed E-state index contributed by atoms with van der Waals surface area (Å²) in [6.07, 6.45) is 39.8. The summed E-state index contributed by atoms with van der Waals surface area (Å²) in [4.78, 5) is 3.69. The average molecular weight is 504 g/mol. The van der Waals surface area contributed by atoms with Crippen molar-refractivity contribution in [3.8, 4) is 0 Å². The van der Waals surface area contributed by atoms with Crippen LogP contribution in [0.5, 0.6) is 0 Å². The van der Waals surface area contributed by atoms with E-state index in [0.717, 1.165) is 0 Å². The summed E-state index contributed by atoms with van der Waals surface area (Å²) in [6, 6.07) is 0.623. The Kier molecular flexibility index (Phi) is 22.7. The number of aromatic amines is 1. The molecule has 2 heteroatoms. The topological polar surface area (TPSA) is 19.7 Å². The summed E-state index contributed by atoms with van der Waals surface area (Å²) >= 11 is 0. The van der Waals surface area contributed by atoms with Crippen molar-refractivity contribution in [1.29, 1.82) is 0 Å². The highest BCUT2D eigenvalue weighted by Gasteiger charge is 2.25. The summed E-state index contributed by atoms with van der Waals surface area (Å²) in [7, 11) is 0. The van der Waals surface area contributed by atoms with Gasteiger partial charge in [0.25, 0.3) is 5.82 Å². The molecule has 1 N–H and O–H groups in total. The van der Waals surface area contributed by atoms with Gasteiger partial charge in [0.2, 0.25) is 0 Å². The first kappa shape index (κ1) is 33.2. The number of rotatable bonds is 27. The first-order valence-corrected chi connectivity index (χ1v) is 16.8. The lowest BCUT2D eigenvalue weighted by Gasteiger charge is -2.17. The summed E-state index contributed by atoms with van der Waals surface area (Å²) in [6.45, 7) is 9.39. The zero-order valence-corrected chi connectivity index (χ0v) is 25.4. The number of unbranched alkanes of at least 4 members (excludes halogenated alkanes) is 19. The Morgan fingerprint density at radius 2 is 0.889 bits per heavy atom. The molecule has 212 valence electrons. The minimum absolute atomic E-state index is 0.623. The maximum atomic E-state index is 3.69. The molecule has 0 radical (unpaired) electrons. The monoisotopic (exact) mass is 504 g/mol. The predicted octanol–water partition coefficient (Wildman–Crippen LogP) is 11.8. The van der Waals surface area contributed by atoms with Gasteiger partial charge in [-0.15, -0.1) is 0 Å². The molecule has 0 bridgehead atoms. The molecule has 0 fully saturated rings. The van der Waals surface area contributed by atoms with Gasteiger partial charge in [-0.3, -0.25) is 0 Å². The van der Waals surface area contributed by atoms with Gasteiger partial charge in [0.1, 0.15) is 12.4 Å². The van der Waals surface area contributed by atoms with Crippen LogP contribution in [-0.2, 0) is 0 Å². The Balaban J connectivity index is 2.31. The first-order valence-electron chi connectivity index (χ1n) is 16.8. The van der Waals surface area contributed by atoms with Crippen LogP contribution >= 0.6 is 0 Å². The molecule has 0 saturated heterocycles. The molecule has 0 saturated carbocycles. The van der Waals surface area contributed by atoms with Crippen molar-refractivity contribution in [2.75, 3.05) is 0 Å². The second-order valence-corrected chi connectivity index (χ2v) is 11.9. The molecule has 0 aliphatic heterocycles. The molecular formula is C34H67N2+. The normalized spacial score (nSPS) is 13.3. The maximum absolute atomic E-state index is 3.69. The number of nitrogens with one attached hydrogen (secondary N) is 1. The van der Waals surface area contributed by atoms with Crippen molar-refractivity contribution in [1.82, 2.24) is 4.98 Å². The third-order valence-corrected chi connectivity index (χ3v) is 8.39. The van der Waals surface area contributed by atoms with Crippen LogP contribution in [0.3, 0.4) is 0 Å². The van der Waals surface area contributed by atoms with Crippen LogP contribution < -0.4 is 4.57 Å². The van der Waals surface area contributed by atoms with E-state index >= 15 is 0 Å². The minimum Gasteiger partial charge on any atom is -0.247 e. The summed E-state index contributed by atoms with van der Waals surface area (Å²) in [5, 5.41) is 0. The fourth-order valence-corrected chi connectivity index (χ4v) is 5.90. The SMILES string of the molecule is CCCCCCCCCCCCCCCC(CCCCC)c1[nH]cc[n+]1C(C)CCCCCCCC. The Labute approximate surface area is 227 Å². The third kappa shape index (κ3) is 16.9. The van der Waals surface area contributed by atoms with Gasteiger partial charge in [0, 0.05) is 0 Å². The number of imidazole rings is 1. The molecule has 2 unspecified atom stereocenters. The number of hydrogen-bond acceptors (Lipinski definition) is 0. The number of nitrogens with zero attached hydrogens (tertiary/aromatic N) is 1. The van der Waals surface area contributed by atoms with Gasteiger partial charge in [-0.1, -0.05) is 156 Å². The van der Waals surface area contributed by atoms with Crippen molar-refractivity contribution >= 4 is 0 Å². The van der Waals surface area contributed by atoms with Crippen molar-refractivity contribution in [3.05, 3.63) is 18.2 Å². The van der Waals surface area contributed by atoms with Crippen LogP contribution in [0.25, 0.3) is 0 Å². The van der Waals surface area contributed by atoms with E-state index in [9.17, 15) is 0 Å². The fraction of sp³-hybridized carbons (Fsp3) is 0.912. The molecule has 0 aliphatic rings. The van der Waals surface area contributed by atoms with E-state index in [-0.39, 0.29) is 0 Å². The van der Waals surface area contributed by atoms with Crippen LogP contribution in [0.4, 0.5) is 0 Å². The largest absolute Gasteiger partial charge is 0.257 e. The van der Waals surface area contributed by atoms with Crippen molar-refractivity contribution < 1.29 is 4.57 Å². The van der Waals surface area contributed by atoms with E-state index in [4.69, 9.17) is 0 Å². The van der Waals surface area contributed by atoms with Crippen molar-refractivity contribution in [3.63, 3.8) is 0 Å². The van der Waals surface area contributed by atoms with Gasteiger partial charge in [-0.25, -0.2) is 9.55 Å². The number of aromatic nitrogens is 2. The zero-order valence-electron chi connectivity index (χ0n) is 25.4. The maximum Gasteiger partial charge on any atom is 0.257 e. The standard InChI is InChI=1S/C34H66N2/c1-5-8-11-13-15-16-17-18-19-20-21-23-26-29-33(28-24-10-7-3)34-35-30-31-36(34)32(4)27-25-22-14-12-9-6-2/h30-33H,5-29H2,1-4H3/p+1. The molecule has 0 amide bonds. The van der Waals surface area contributed by atoms with E-state index in [0.29, 0.717) is 12.0 Å². The Morgan fingerprint density at radius 1 is 0.528 bits per heavy atom. The van der Waals surface area contributed by atoms with Crippen molar-refractivity contribution in [2.45, 2.75) is 200 Å². The number of hydrogen-bond donors (Lipinski definition) is 1. The van der Waals surface area contributed by atoms with Gasteiger partial charge < -0.3 is 0 Å². The summed E-state index contributed by atoms with van der Waals surface area (Å²) in [5.74, 6) is 2.23. The second-order valence-electron chi connectivity index (χ2n) is 11.9. The van der Waals surface area contributed by atoms with Gasteiger partial charge in [0.05, 0.1) is 12.0 Å². The minimum atomic E-state index is 0.623. The molecule has 1 rings (SSSR count). The molecule has 2 atom stereocenters. The van der Waals surface area contributed by atoms with Crippen LogP contribution in [-0.4, -0.2) is 4.98 Å². The smallest absolute Gasteiger partial charge is 0.247 e. The fourth-order valence-electron chi connectivity index (χ4n) is 5.90. The Bertz CT molecular complexity index is 563. The highest BCUT2D eigenvalue weighted by Crippen LogP contribution is 2.27. The highest BCUT2D eigenvalue weighted by atomic mass is 15.1. The van der Waals surface area contributed by atoms with Crippen LogP contribution in [0, 0.1) is 0 Å². The first-order chi connectivity index (χ1) is 17.7. The Morgan fingerprint density at radius 3 is 1.36 bits per heavy atom. The van der Waals surface area contributed by atoms with E-state index in [1.807, 2.05) is 0 Å². The van der Waals surface area contributed by atoms with Crippen LogP contribution in [0.15, 0.2) is 12.4 Å². The molecular weight excluding hydrogens is 436 g/mol. The Hall–Kier alpha value is -0.790. The second kappa shape index (κ2) is 24.5. The molecule has 1 aromatic heterocycles. The molecule has 1 aromatic rings. The molecule has 0 aliphatic carbocycles. The van der Waals surface area contributed by atoms with E-state index in [1.165, 1.54) is 166 Å². The van der Waals surface area contributed by atoms with Gasteiger partial charge in [0.15, 0.2) is 0 Å². The molecule has 2 nitrogen and oxygen atoms in total. The van der Waals surface area contributed by atoms with Gasteiger partial charge in [-0.2, -0.15) is 0 Å². The lowest BCUT2D eigenvalue weighted by atomic mass is 9.93. The zero-order chi connectivity index (χ0) is 26.1. The lowest BCUT2D eigenvalue weighted by Crippen LogP contribution is -2.41. The van der Waals surface area contributed by atoms with Crippen LogP contribution in [0.1, 0.15) is 206 Å². The quantitative estimate of drug-likeness (QED) is 0.0909. The third-order valence-electron chi connectivity index (χ3n) is 8.39. The summed E-state index contributed by atoms with van der Waals surface area (Å²) in [5.41, 5.74) is 0.